The Morgan fingerprint density at radius 3 is 2.74 bits per heavy atom. The van der Waals surface area contributed by atoms with Gasteiger partial charge in [0.15, 0.2) is 21.3 Å². The molecular weight excluding hydrogens is 270 g/mol. The third kappa shape index (κ3) is 2.52. The number of phenolic OH excluding ortho intramolecular Hbond substituents is 1. The largest absolute Gasteiger partial charge is 0.507 e. The summed E-state index contributed by atoms with van der Waals surface area (Å²) in [5, 5.41) is 14.1. The summed E-state index contributed by atoms with van der Waals surface area (Å²) >= 11 is 0. The average Bonchev–Trinajstić information content (AvgIpc) is 2.92. The van der Waals surface area contributed by atoms with Gasteiger partial charge in [-0.25, -0.2) is 8.42 Å². The molecule has 0 amide bonds. The van der Waals surface area contributed by atoms with Crippen molar-refractivity contribution in [2.75, 3.05) is 12.5 Å². The zero-order valence-electron chi connectivity index (χ0n) is 10.00. The van der Waals surface area contributed by atoms with Crippen LogP contribution in [-0.4, -0.2) is 32.1 Å². The van der Waals surface area contributed by atoms with Crippen molar-refractivity contribution in [3.05, 3.63) is 29.2 Å². The summed E-state index contributed by atoms with van der Waals surface area (Å²) in [5.41, 5.74) is 0.641. The molecule has 0 bridgehead atoms. The Morgan fingerprint density at radius 1 is 1.32 bits per heavy atom. The summed E-state index contributed by atoms with van der Waals surface area (Å²) in [6.45, 7) is 0.502. The smallest absolute Gasteiger partial charge is 0.231 e. The van der Waals surface area contributed by atoms with Gasteiger partial charge in [-0.2, -0.15) is 0 Å². The molecule has 0 aromatic heterocycles. The molecule has 7 heteroatoms. The van der Waals surface area contributed by atoms with E-state index in [9.17, 15) is 13.5 Å². The van der Waals surface area contributed by atoms with Gasteiger partial charge in [-0.3, -0.25) is 0 Å². The Kier molecular flexibility index (Phi) is 2.87. The molecule has 0 spiro atoms. The molecule has 0 saturated heterocycles. The van der Waals surface area contributed by atoms with E-state index in [-0.39, 0.29) is 24.3 Å². The van der Waals surface area contributed by atoms with Crippen molar-refractivity contribution < 1.29 is 23.0 Å². The van der Waals surface area contributed by atoms with Crippen LogP contribution in [0.25, 0.3) is 0 Å². The van der Waals surface area contributed by atoms with Gasteiger partial charge < -0.3 is 19.9 Å². The summed E-state index contributed by atoms with van der Waals surface area (Å²) in [6, 6.07) is 2.97. The van der Waals surface area contributed by atoms with E-state index in [1.807, 2.05) is 0 Å². The number of hydrogen-bond donors (Lipinski definition) is 2. The van der Waals surface area contributed by atoms with Gasteiger partial charge in [-0.1, -0.05) is 6.08 Å². The fraction of sp³-hybridized carbons (Fsp3) is 0.333. The zero-order chi connectivity index (χ0) is 13.5. The van der Waals surface area contributed by atoms with E-state index in [0.717, 1.165) is 0 Å². The molecule has 1 atom stereocenters. The van der Waals surface area contributed by atoms with Crippen molar-refractivity contribution in [1.29, 1.82) is 0 Å². The number of rotatable bonds is 3. The first-order valence-electron chi connectivity index (χ1n) is 5.79. The maximum atomic E-state index is 11.3. The second-order valence-electron chi connectivity index (χ2n) is 4.48. The number of nitrogens with one attached hydrogen (secondary N) is 1. The Hall–Kier alpha value is -1.73. The fourth-order valence-corrected chi connectivity index (χ4v) is 3.33. The van der Waals surface area contributed by atoms with Crippen LogP contribution in [0.5, 0.6) is 17.2 Å². The highest BCUT2D eigenvalue weighted by Crippen LogP contribution is 2.37. The first kappa shape index (κ1) is 12.3. The van der Waals surface area contributed by atoms with Crippen molar-refractivity contribution in [3.63, 3.8) is 0 Å². The molecule has 1 aromatic rings. The highest BCUT2D eigenvalue weighted by molar-refractivity contribution is 7.94. The molecule has 102 valence electrons. The van der Waals surface area contributed by atoms with Crippen molar-refractivity contribution in [2.45, 2.75) is 12.6 Å². The maximum Gasteiger partial charge on any atom is 0.231 e. The second-order valence-corrected chi connectivity index (χ2v) is 6.41. The van der Waals surface area contributed by atoms with Crippen LogP contribution in [0.1, 0.15) is 5.56 Å². The van der Waals surface area contributed by atoms with Gasteiger partial charge in [0.25, 0.3) is 0 Å². The summed E-state index contributed by atoms with van der Waals surface area (Å²) in [7, 11) is -3.07. The highest BCUT2D eigenvalue weighted by Gasteiger charge is 2.22. The molecule has 6 nitrogen and oxygen atoms in total. The van der Waals surface area contributed by atoms with Gasteiger partial charge in [0.2, 0.25) is 6.79 Å². The topological polar surface area (TPSA) is 84.9 Å². The Balaban J connectivity index is 1.69. The number of hydrogen-bond acceptors (Lipinski definition) is 6. The summed E-state index contributed by atoms with van der Waals surface area (Å²) < 4.78 is 32.9. The van der Waals surface area contributed by atoms with Crippen molar-refractivity contribution in [1.82, 2.24) is 5.32 Å². The van der Waals surface area contributed by atoms with Crippen LogP contribution in [0, 0.1) is 0 Å². The van der Waals surface area contributed by atoms with Crippen molar-refractivity contribution in [3.8, 4) is 17.2 Å². The Labute approximate surface area is 110 Å². The second kappa shape index (κ2) is 4.43. The molecule has 1 unspecified atom stereocenters. The quantitative estimate of drug-likeness (QED) is 0.841. The van der Waals surface area contributed by atoms with Crippen molar-refractivity contribution >= 4 is 9.84 Å². The molecule has 0 radical (unpaired) electrons. The first-order valence-corrected chi connectivity index (χ1v) is 7.51. The molecule has 19 heavy (non-hydrogen) atoms. The fourth-order valence-electron chi connectivity index (χ4n) is 2.06. The zero-order valence-corrected chi connectivity index (χ0v) is 10.8. The number of phenols is 1. The van der Waals surface area contributed by atoms with E-state index < -0.39 is 9.84 Å². The minimum atomic E-state index is -3.07. The SMILES string of the molecule is O=S1(=O)C=CC(NCc2cc3c(cc2O)OCO3)C1. The number of ether oxygens (including phenoxy) is 2. The number of fused-ring (bicyclic) bond motifs is 1. The van der Waals surface area contributed by atoms with E-state index >= 15 is 0 Å². The van der Waals surface area contributed by atoms with Gasteiger partial charge >= 0.3 is 0 Å². The monoisotopic (exact) mass is 283 g/mol. The van der Waals surface area contributed by atoms with Crippen LogP contribution in [0.4, 0.5) is 0 Å². The summed E-state index contributed by atoms with van der Waals surface area (Å²) in [4.78, 5) is 0. The maximum absolute atomic E-state index is 11.3. The average molecular weight is 283 g/mol. The summed E-state index contributed by atoms with van der Waals surface area (Å²) in [5.74, 6) is 1.26. The lowest BCUT2D eigenvalue weighted by Gasteiger charge is -2.11. The standard InChI is InChI=1S/C12H13NO5S/c14-10-4-12-11(17-7-18-12)3-8(10)5-13-9-1-2-19(15,16)6-9/h1-4,9,13-14H,5-7H2. The van der Waals surface area contributed by atoms with Crippen molar-refractivity contribution in [2.24, 2.45) is 0 Å². The predicted octanol–water partition coefficient (Wildman–Crippen LogP) is 0.521. The molecule has 0 saturated carbocycles. The van der Waals surface area contributed by atoms with Crippen LogP contribution in [0.15, 0.2) is 23.6 Å². The summed E-state index contributed by atoms with van der Waals surface area (Å²) in [6.07, 6.45) is 1.61. The molecule has 1 aromatic carbocycles. The molecule has 2 N–H and O–H groups in total. The van der Waals surface area contributed by atoms with Crippen LogP contribution < -0.4 is 14.8 Å². The van der Waals surface area contributed by atoms with E-state index in [1.165, 1.54) is 11.5 Å². The molecular formula is C12H13NO5S. The first-order chi connectivity index (χ1) is 9.03. The minimum absolute atomic E-state index is 0.0539. The minimum Gasteiger partial charge on any atom is -0.507 e. The van der Waals surface area contributed by atoms with E-state index in [2.05, 4.69) is 5.32 Å². The number of benzene rings is 1. The lowest BCUT2D eigenvalue weighted by Crippen LogP contribution is -2.29. The number of aromatic hydroxyl groups is 1. The van der Waals surface area contributed by atoms with Crippen LogP contribution in [0.2, 0.25) is 0 Å². The molecule has 2 aliphatic rings. The van der Waals surface area contributed by atoms with Gasteiger partial charge in [0, 0.05) is 29.6 Å². The van der Waals surface area contributed by atoms with E-state index in [1.54, 1.807) is 12.1 Å². The third-order valence-electron chi connectivity index (χ3n) is 3.06. The van der Waals surface area contributed by atoms with Crippen LogP contribution in [0.3, 0.4) is 0 Å². The lowest BCUT2D eigenvalue weighted by atomic mass is 10.1. The molecule has 3 rings (SSSR count). The number of sulfone groups is 1. The van der Waals surface area contributed by atoms with Crippen LogP contribution >= 0.6 is 0 Å². The Bertz CT molecular complexity index is 638. The molecule has 0 fully saturated rings. The highest BCUT2D eigenvalue weighted by atomic mass is 32.2. The predicted molar refractivity (Wildman–Crippen MR) is 67.8 cm³/mol. The van der Waals surface area contributed by atoms with E-state index in [4.69, 9.17) is 9.47 Å². The van der Waals surface area contributed by atoms with Gasteiger partial charge in [-0.15, -0.1) is 0 Å². The van der Waals surface area contributed by atoms with E-state index in [0.29, 0.717) is 23.6 Å². The van der Waals surface area contributed by atoms with Gasteiger partial charge in [0.05, 0.1) is 5.75 Å². The Morgan fingerprint density at radius 2 is 2.05 bits per heavy atom. The van der Waals surface area contributed by atoms with Gasteiger partial charge in [-0.05, 0) is 6.07 Å². The van der Waals surface area contributed by atoms with Crippen LogP contribution in [-0.2, 0) is 16.4 Å². The third-order valence-corrected chi connectivity index (χ3v) is 4.45. The molecule has 2 heterocycles. The molecule has 2 aliphatic heterocycles. The lowest BCUT2D eigenvalue weighted by molar-refractivity contribution is 0.174. The van der Waals surface area contributed by atoms with Gasteiger partial charge in [0.1, 0.15) is 5.75 Å². The molecule has 0 aliphatic carbocycles. The normalized spacial score (nSPS) is 22.8.